The van der Waals surface area contributed by atoms with Gasteiger partial charge in [0.15, 0.2) is 0 Å². The van der Waals surface area contributed by atoms with Crippen molar-refractivity contribution in [3.63, 3.8) is 0 Å². The Morgan fingerprint density at radius 3 is 2.95 bits per heavy atom. The fourth-order valence-corrected chi connectivity index (χ4v) is 2.49. The first-order valence-electron chi connectivity index (χ1n) is 5.96. The Balaban J connectivity index is 2.10. The zero-order valence-corrected chi connectivity index (χ0v) is 12.1. The molecule has 0 aliphatic heterocycles. The zero-order valence-electron chi connectivity index (χ0n) is 10.5. The molecular formula is C14H13BrN4. The first-order valence-corrected chi connectivity index (χ1v) is 6.75. The highest BCUT2D eigenvalue weighted by Gasteiger charge is 2.09. The third kappa shape index (κ3) is 2.21. The largest absolute Gasteiger partial charge is 0.369 e. The predicted molar refractivity (Wildman–Crippen MR) is 79.9 cm³/mol. The number of fused-ring (bicyclic) bond motifs is 1. The van der Waals surface area contributed by atoms with Crippen molar-refractivity contribution < 1.29 is 0 Å². The number of nitrogens with zero attached hydrogens (tertiary/aromatic N) is 3. The number of hydrogen-bond donors (Lipinski definition) is 1. The lowest BCUT2D eigenvalue weighted by Gasteiger charge is -2.08. The van der Waals surface area contributed by atoms with Crippen LogP contribution in [0.4, 0.5) is 5.95 Å². The molecule has 5 heteroatoms. The van der Waals surface area contributed by atoms with E-state index in [2.05, 4.69) is 25.9 Å². The van der Waals surface area contributed by atoms with Crippen molar-refractivity contribution in [1.29, 1.82) is 0 Å². The Morgan fingerprint density at radius 2 is 2.16 bits per heavy atom. The Morgan fingerprint density at radius 1 is 1.32 bits per heavy atom. The first kappa shape index (κ1) is 12.2. The summed E-state index contributed by atoms with van der Waals surface area (Å²) in [5.41, 5.74) is 10.3. The van der Waals surface area contributed by atoms with E-state index in [1.807, 2.05) is 42.0 Å². The van der Waals surface area contributed by atoms with Gasteiger partial charge in [-0.2, -0.15) is 0 Å². The summed E-state index contributed by atoms with van der Waals surface area (Å²) in [6.07, 6.45) is 3.66. The summed E-state index contributed by atoms with van der Waals surface area (Å²) in [6, 6.07) is 8.01. The van der Waals surface area contributed by atoms with Crippen LogP contribution in [-0.4, -0.2) is 14.5 Å². The van der Waals surface area contributed by atoms with E-state index in [0.717, 1.165) is 21.1 Å². The van der Waals surface area contributed by atoms with Crippen LogP contribution < -0.4 is 5.73 Å². The topological polar surface area (TPSA) is 56.7 Å². The Bertz CT molecular complexity index is 748. The summed E-state index contributed by atoms with van der Waals surface area (Å²) in [5, 5.41) is 0. The molecule has 0 atom stereocenters. The van der Waals surface area contributed by atoms with E-state index in [1.54, 1.807) is 6.20 Å². The smallest absolute Gasteiger partial charge is 0.201 e. The number of benzene rings is 1. The van der Waals surface area contributed by atoms with Gasteiger partial charge in [0, 0.05) is 16.9 Å². The lowest BCUT2D eigenvalue weighted by Crippen LogP contribution is -2.05. The molecule has 19 heavy (non-hydrogen) atoms. The number of aromatic nitrogens is 3. The summed E-state index contributed by atoms with van der Waals surface area (Å²) >= 11 is 3.45. The lowest BCUT2D eigenvalue weighted by atomic mass is 10.1. The first-order chi connectivity index (χ1) is 9.15. The molecule has 2 N–H and O–H groups in total. The number of anilines is 1. The van der Waals surface area contributed by atoms with Crippen LogP contribution in [0.3, 0.4) is 0 Å². The molecule has 0 amide bonds. The second-order valence-corrected chi connectivity index (χ2v) is 5.41. The molecular weight excluding hydrogens is 304 g/mol. The number of rotatable bonds is 2. The standard InChI is InChI=1S/C14H13BrN4/c1-9-7-17-5-4-10(9)8-19-13-3-2-11(15)6-12(13)18-14(19)16/h2-7H,8H2,1H3,(H2,16,18). The molecule has 2 heterocycles. The maximum atomic E-state index is 6.02. The molecule has 0 fully saturated rings. The Kier molecular flexibility index (Phi) is 2.98. The molecule has 0 bridgehead atoms. The molecule has 0 aliphatic rings. The highest BCUT2D eigenvalue weighted by atomic mass is 79.9. The number of halogens is 1. The molecule has 2 aromatic heterocycles. The van der Waals surface area contributed by atoms with Crippen LogP contribution in [0.15, 0.2) is 41.1 Å². The van der Waals surface area contributed by atoms with E-state index in [0.29, 0.717) is 12.5 Å². The molecule has 1 aromatic carbocycles. The summed E-state index contributed by atoms with van der Waals surface area (Å²) in [4.78, 5) is 8.50. The van der Waals surface area contributed by atoms with Gasteiger partial charge in [-0.15, -0.1) is 0 Å². The second-order valence-electron chi connectivity index (χ2n) is 4.49. The van der Waals surface area contributed by atoms with Crippen LogP contribution in [0.1, 0.15) is 11.1 Å². The molecule has 0 radical (unpaired) electrons. The normalized spacial score (nSPS) is 11.1. The molecule has 0 aliphatic carbocycles. The summed E-state index contributed by atoms with van der Waals surface area (Å²) in [5.74, 6) is 0.532. The van der Waals surface area contributed by atoms with Crippen molar-refractivity contribution in [2.75, 3.05) is 5.73 Å². The zero-order chi connectivity index (χ0) is 13.4. The minimum atomic E-state index is 0.532. The van der Waals surface area contributed by atoms with Crippen LogP contribution in [0.5, 0.6) is 0 Å². The van der Waals surface area contributed by atoms with E-state index in [9.17, 15) is 0 Å². The Hall–Kier alpha value is -1.88. The Labute approximate surface area is 119 Å². The van der Waals surface area contributed by atoms with E-state index in [1.165, 1.54) is 5.56 Å². The number of hydrogen-bond acceptors (Lipinski definition) is 3. The van der Waals surface area contributed by atoms with Gasteiger partial charge in [-0.3, -0.25) is 4.98 Å². The maximum absolute atomic E-state index is 6.02. The average Bonchev–Trinajstić information content (AvgIpc) is 2.68. The number of imidazole rings is 1. The third-order valence-electron chi connectivity index (χ3n) is 3.20. The van der Waals surface area contributed by atoms with Gasteiger partial charge in [-0.25, -0.2) is 4.98 Å². The SMILES string of the molecule is Cc1cnccc1Cn1c(N)nc2cc(Br)ccc21. The summed E-state index contributed by atoms with van der Waals surface area (Å²) in [7, 11) is 0. The lowest BCUT2D eigenvalue weighted by molar-refractivity contribution is 0.829. The fourth-order valence-electron chi connectivity index (χ4n) is 2.14. The molecule has 3 aromatic rings. The molecule has 0 saturated carbocycles. The molecule has 96 valence electrons. The highest BCUT2D eigenvalue weighted by molar-refractivity contribution is 9.10. The number of nitrogen functional groups attached to an aromatic ring is 1. The van der Waals surface area contributed by atoms with Gasteiger partial charge in [-0.05, 0) is 42.3 Å². The van der Waals surface area contributed by atoms with Crippen molar-refractivity contribution in [3.05, 3.63) is 52.3 Å². The molecule has 4 nitrogen and oxygen atoms in total. The summed E-state index contributed by atoms with van der Waals surface area (Å²) < 4.78 is 3.02. The predicted octanol–water partition coefficient (Wildman–Crippen LogP) is 3.13. The molecule has 0 unspecified atom stereocenters. The third-order valence-corrected chi connectivity index (χ3v) is 3.70. The number of pyridine rings is 1. The van der Waals surface area contributed by atoms with Crippen molar-refractivity contribution in [2.45, 2.75) is 13.5 Å². The minimum Gasteiger partial charge on any atom is -0.369 e. The van der Waals surface area contributed by atoms with E-state index in [-0.39, 0.29) is 0 Å². The van der Waals surface area contributed by atoms with Crippen LogP contribution in [0.2, 0.25) is 0 Å². The van der Waals surface area contributed by atoms with E-state index in [4.69, 9.17) is 5.73 Å². The number of aryl methyl sites for hydroxylation is 1. The van der Waals surface area contributed by atoms with Crippen LogP contribution in [0, 0.1) is 6.92 Å². The maximum Gasteiger partial charge on any atom is 0.201 e. The van der Waals surface area contributed by atoms with Gasteiger partial charge >= 0.3 is 0 Å². The van der Waals surface area contributed by atoms with Gasteiger partial charge in [0.25, 0.3) is 0 Å². The van der Waals surface area contributed by atoms with Gasteiger partial charge in [0.05, 0.1) is 17.6 Å². The van der Waals surface area contributed by atoms with E-state index >= 15 is 0 Å². The molecule has 0 saturated heterocycles. The van der Waals surface area contributed by atoms with Gasteiger partial charge in [0.2, 0.25) is 5.95 Å². The van der Waals surface area contributed by atoms with Gasteiger partial charge < -0.3 is 10.3 Å². The van der Waals surface area contributed by atoms with Gasteiger partial charge in [-0.1, -0.05) is 15.9 Å². The fraction of sp³-hybridized carbons (Fsp3) is 0.143. The quantitative estimate of drug-likeness (QED) is 0.790. The molecule has 3 rings (SSSR count). The van der Waals surface area contributed by atoms with E-state index < -0.39 is 0 Å². The second kappa shape index (κ2) is 4.66. The minimum absolute atomic E-state index is 0.532. The highest BCUT2D eigenvalue weighted by Crippen LogP contribution is 2.23. The van der Waals surface area contributed by atoms with Crippen molar-refractivity contribution in [2.24, 2.45) is 0 Å². The average molecular weight is 317 g/mol. The monoisotopic (exact) mass is 316 g/mol. The number of nitrogens with two attached hydrogens (primary N) is 1. The van der Waals surface area contributed by atoms with Crippen molar-refractivity contribution in [1.82, 2.24) is 14.5 Å². The van der Waals surface area contributed by atoms with Gasteiger partial charge in [0.1, 0.15) is 0 Å². The van der Waals surface area contributed by atoms with Crippen LogP contribution in [-0.2, 0) is 6.54 Å². The van der Waals surface area contributed by atoms with Crippen LogP contribution in [0.25, 0.3) is 11.0 Å². The summed E-state index contributed by atoms with van der Waals surface area (Å²) in [6.45, 7) is 2.76. The van der Waals surface area contributed by atoms with Crippen molar-refractivity contribution >= 4 is 32.9 Å². The molecule has 0 spiro atoms. The van der Waals surface area contributed by atoms with Crippen LogP contribution >= 0.6 is 15.9 Å². The van der Waals surface area contributed by atoms with Crippen molar-refractivity contribution in [3.8, 4) is 0 Å².